The lowest BCUT2D eigenvalue weighted by molar-refractivity contribution is 0.0925. The van der Waals surface area contributed by atoms with Gasteiger partial charge in [-0.2, -0.15) is 0 Å². The normalized spacial score (nSPS) is 28.1. The van der Waals surface area contributed by atoms with E-state index in [4.69, 9.17) is 4.42 Å². The number of carbonyl (C=O) groups excluding carboxylic acids is 1. The van der Waals surface area contributed by atoms with Crippen molar-refractivity contribution >= 4 is 16.9 Å². The molecule has 0 spiro atoms. The van der Waals surface area contributed by atoms with Gasteiger partial charge in [-0.05, 0) is 43.9 Å². The van der Waals surface area contributed by atoms with E-state index in [2.05, 4.69) is 10.6 Å². The molecule has 4 nitrogen and oxygen atoms in total. The summed E-state index contributed by atoms with van der Waals surface area (Å²) in [5.74, 6) is 1.48. The second-order valence-corrected chi connectivity index (χ2v) is 6.03. The summed E-state index contributed by atoms with van der Waals surface area (Å²) < 4.78 is 5.59. The number of fused-ring (bicyclic) bond motifs is 3. The number of nitrogens with one attached hydrogen (secondary N) is 2. The van der Waals surface area contributed by atoms with Crippen LogP contribution < -0.4 is 10.6 Å². The van der Waals surface area contributed by atoms with Crippen LogP contribution in [0.25, 0.3) is 11.0 Å². The molecule has 4 rings (SSSR count). The van der Waals surface area contributed by atoms with Gasteiger partial charge in [0.15, 0.2) is 0 Å². The van der Waals surface area contributed by atoms with Crippen LogP contribution in [-0.4, -0.2) is 24.5 Å². The molecule has 0 radical (unpaired) electrons. The molecule has 4 heteroatoms. The minimum absolute atomic E-state index is 0.0125. The largest absolute Gasteiger partial charge is 0.461 e. The van der Waals surface area contributed by atoms with Crippen molar-refractivity contribution in [1.29, 1.82) is 0 Å². The number of furan rings is 1. The van der Waals surface area contributed by atoms with Crippen LogP contribution in [0.15, 0.2) is 28.7 Å². The Labute approximate surface area is 117 Å². The van der Waals surface area contributed by atoms with E-state index in [1.807, 2.05) is 31.2 Å². The highest BCUT2D eigenvalue weighted by molar-refractivity contribution is 5.97. The first-order chi connectivity index (χ1) is 9.69. The molecule has 2 heterocycles. The van der Waals surface area contributed by atoms with Crippen LogP contribution in [0.3, 0.4) is 0 Å². The topological polar surface area (TPSA) is 54.3 Å². The van der Waals surface area contributed by atoms with E-state index in [0.717, 1.165) is 29.7 Å². The van der Waals surface area contributed by atoms with Crippen LogP contribution in [-0.2, 0) is 0 Å². The lowest BCUT2D eigenvalue weighted by Gasteiger charge is -2.23. The number of benzene rings is 1. The number of hydrogen-bond donors (Lipinski definition) is 2. The van der Waals surface area contributed by atoms with Gasteiger partial charge in [0.1, 0.15) is 11.3 Å². The monoisotopic (exact) mass is 270 g/mol. The van der Waals surface area contributed by atoms with Gasteiger partial charge in [-0.3, -0.25) is 4.79 Å². The minimum atomic E-state index is 0.0125. The van der Waals surface area contributed by atoms with Crippen LogP contribution in [0.2, 0.25) is 0 Å². The average molecular weight is 270 g/mol. The van der Waals surface area contributed by atoms with Crippen LogP contribution in [0.5, 0.6) is 0 Å². The van der Waals surface area contributed by atoms with Gasteiger partial charge < -0.3 is 15.1 Å². The highest BCUT2D eigenvalue weighted by Crippen LogP contribution is 2.31. The van der Waals surface area contributed by atoms with Crippen LogP contribution in [0, 0.1) is 12.8 Å². The van der Waals surface area contributed by atoms with Gasteiger partial charge in [-0.1, -0.05) is 6.07 Å². The summed E-state index contributed by atoms with van der Waals surface area (Å²) in [4.78, 5) is 12.4. The molecule has 1 saturated carbocycles. The fourth-order valence-electron chi connectivity index (χ4n) is 3.57. The zero-order valence-corrected chi connectivity index (χ0v) is 11.5. The van der Waals surface area contributed by atoms with E-state index in [1.54, 1.807) is 0 Å². The third-order valence-corrected chi connectivity index (χ3v) is 4.59. The van der Waals surface area contributed by atoms with Crippen molar-refractivity contribution in [3.63, 3.8) is 0 Å². The highest BCUT2D eigenvalue weighted by atomic mass is 16.3. The zero-order valence-electron chi connectivity index (χ0n) is 11.5. The molecule has 1 aromatic carbocycles. The Morgan fingerprint density at radius 2 is 2.25 bits per heavy atom. The first kappa shape index (κ1) is 12.0. The third-order valence-electron chi connectivity index (χ3n) is 4.59. The summed E-state index contributed by atoms with van der Waals surface area (Å²) >= 11 is 0. The number of rotatable bonds is 2. The maximum absolute atomic E-state index is 12.4. The molecular weight excluding hydrogens is 252 g/mol. The molecule has 2 bridgehead atoms. The zero-order chi connectivity index (χ0) is 13.7. The molecule has 3 unspecified atom stereocenters. The number of carbonyl (C=O) groups is 1. The van der Waals surface area contributed by atoms with Crippen molar-refractivity contribution < 1.29 is 9.21 Å². The summed E-state index contributed by atoms with van der Waals surface area (Å²) in [5, 5.41) is 7.68. The molecule has 2 aromatic rings. The lowest BCUT2D eigenvalue weighted by Crippen LogP contribution is -2.44. The Kier molecular flexibility index (Phi) is 2.60. The number of piperidine rings is 1. The van der Waals surface area contributed by atoms with Gasteiger partial charge in [0.05, 0.1) is 0 Å². The fraction of sp³-hybridized carbons (Fsp3) is 0.438. The number of aryl methyl sites for hydroxylation is 1. The maximum Gasteiger partial charge on any atom is 0.251 e. The van der Waals surface area contributed by atoms with E-state index >= 15 is 0 Å². The molecule has 3 atom stereocenters. The van der Waals surface area contributed by atoms with Gasteiger partial charge in [-0.15, -0.1) is 0 Å². The second kappa shape index (κ2) is 4.35. The second-order valence-electron chi connectivity index (χ2n) is 6.03. The van der Waals surface area contributed by atoms with Gasteiger partial charge in [0.25, 0.3) is 5.91 Å². The lowest BCUT2D eigenvalue weighted by atomic mass is 10.0. The third kappa shape index (κ3) is 1.91. The summed E-state index contributed by atoms with van der Waals surface area (Å²) in [5.41, 5.74) is 1.47. The molecule has 1 amide bonds. The molecule has 104 valence electrons. The summed E-state index contributed by atoms with van der Waals surface area (Å²) in [6.45, 7) is 2.95. The molecule has 1 aliphatic carbocycles. The predicted octanol–water partition coefficient (Wildman–Crippen LogP) is 2.22. The minimum Gasteiger partial charge on any atom is -0.461 e. The summed E-state index contributed by atoms with van der Waals surface area (Å²) in [6, 6.07) is 8.56. The number of hydrogen-bond acceptors (Lipinski definition) is 3. The molecular formula is C16H18N2O2. The Hall–Kier alpha value is -1.81. The highest BCUT2D eigenvalue weighted by Gasteiger charge is 2.40. The molecule has 2 aliphatic rings. The molecule has 2 N–H and O–H groups in total. The molecule has 1 aromatic heterocycles. The Morgan fingerprint density at radius 3 is 3.00 bits per heavy atom. The van der Waals surface area contributed by atoms with E-state index < -0.39 is 0 Å². The first-order valence-corrected chi connectivity index (χ1v) is 7.23. The van der Waals surface area contributed by atoms with E-state index in [1.165, 1.54) is 6.42 Å². The summed E-state index contributed by atoms with van der Waals surface area (Å²) in [6.07, 6.45) is 2.25. The van der Waals surface area contributed by atoms with Crippen LogP contribution in [0.1, 0.15) is 29.0 Å². The van der Waals surface area contributed by atoms with Crippen molar-refractivity contribution in [3.05, 3.63) is 35.6 Å². The van der Waals surface area contributed by atoms with Crippen LogP contribution >= 0.6 is 0 Å². The average Bonchev–Trinajstić information content (AvgIpc) is 3.10. The molecule has 1 aliphatic heterocycles. The molecule has 2 fully saturated rings. The van der Waals surface area contributed by atoms with E-state index in [-0.39, 0.29) is 5.91 Å². The Bertz CT molecular complexity index is 676. The number of amides is 1. The van der Waals surface area contributed by atoms with Gasteiger partial charge in [-0.25, -0.2) is 0 Å². The first-order valence-electron chi connectivity index (χ1n) is 7.23. The van der Waals surface area contributed by atoms with Crippen molar-refractivity contribution in [1.82, 2.24) is 10.6 Å². The van der Waals surface area contributed by atoms with Crippen molar-refractivity contribution in [3.8, 4) is 0 Å². The SMILES string of the molecule is Cc1cc2ccc(C(=O)NC3CC4CC3CN4)cc2o1. The van der Waals surface area contributed by atoms with E-state index in [0.29, 0.717) is 23.6 Å². The summed E-state index contributed by atoms with van der Waals surface area (Å²) in [7, 11) is 0. The standard InChI is InChI=1S/C16H18N2O2/c1-9-4-10-2-3-11(6-15(10)20-9)16(19)18-14-7-13-5-12(14)8-17-13/h2-4,6,12-14,17H,5,7-8H2,1H3,(H,18,19). The fourth-order valence-corrected chi connectivity index (χ4v) is 3.57. The van der Waals surface area contributed by atoms with Crippen molar-refractivity contribution in [2.24, 2.45) is 5.92 Å². The van der Waals surface area contributed by atoms with Crippen molar-refractivity contribution in [2.75, 3.05) is 6.54 Å². The maximum atomic E-state index is 12.4. The van der Waals surface area contributed by atoms with Gasteiger partial charge in [0.2, 0.25) is 0 Å². The van der Waals surface area contributed by atoms with Gasteiger partial charge in [0, 0.05) is 29.6 Å². The van der Waals surface area contributed by atoms with E-state index in [9.17, 15) is 4.79 Å². The van der Waals surface area contributed by atoms with Crippen LogP contribution in [0.4, 0.5) is 0 Å². The Morgan fingerprint density at radius 1 is 1.35 bits per heavy atom. The Balaban J connectivity index is 1.54. The molecule has 1 saturated heterocycles. The quantitative estimate of drug-likeness (QED) is 0.879. The molecule has 20 heavy (non-hydrogen) atoms. The predicted molar refractivity (Wildman–Crippen MR) is 76.7 cm³/mol. The smallest absolute Gasteiger partial charge is 0.251 e. The van der Waals surface area contributed by atoms with Crippen molar-refractivity contribution in [2.45, 2.75) is 31.8 Å². The van der Waals surface area contributed by atoms with Gasteiger partial charge >= 0.3 is 0 Å².